The van der Waals surface area contributed by atoms with Crippen LogP contribution >= 0.6 is 11.6 Å². The molecule has 0 unspecified atom stereocenters. The molecule has 2 rings (SSSR count). The van der Waals surface area contributed by atoms with Crippen LogP contribution in [0, 0.1) is 11.0 Å². The SMILES string of the molecule is [O-][n+]1cccc(-c2cccc(Cl)c2F)c1. The Morgan fingerprint density at radius 2 is 2.00 bits per heavy atom. The molecule has 15 heavy (non-hydrogen) atoms. The minimum atomic E-state index is -0.509. The van der Waals surface area contributed by atoms with E-state index in [1.165, 1.54) is 18.5 Å². The number of halogens is 2. The van der Waals surface area contributed by atoms with Gasteiger partial charge in [-0.25, -0.2) is 4.39 Å². The van der Waals surface area contributed by atoms with Crippen LogP contribution in [0.2, 0.25) is 5.02 Å². The summed E-state index contributed by atoms with van der Waals surface area (Å²) < 4.78 is 14.2. The Morgan fingerprint density at radius 1 is 1.20 bits per heavy atom. The molecule has 0 aliphatic heterocycles. The summed E-state index contributed by atoms with van der Waals surface area (Å²) in [6, 6.07) is 7.90. The van der Waals surface area contributed by atoms with E-state index in [9.17, 15) is 9.60 Å². The molecule has 2 aromatic rings. The molecule has 0 N–H and O–H groups in total. The molecule has 0 spiro atoms. The van der Waals surface area contributed by atoms with Gasteiger partial charge < -0.3 is 5.21 Å². The normalized spacial score (nSPS) is 10.3. The summed E-state index contributed by atoms with van der Waals surface area (Å²) in [4.78, 5) is 0. The van der Waals surface area contributed by atoms with Gasteiger partial charge in [-0.1, -0.05) is 23.7 Å². The highest BCUT2D eigenvalue weighted by Crippen LogP contribution is 2.26. The van der Waals surface area contributed by atoms with Gasteiger partial charge >= 0.3 is 0 Å². The standard InChI is InChI=1S/C11H7ClFNO/c12-10-5-1-4-9(11(10)13)8-3-2-6-14(15)7-8/h1-7H. The van der Waals surface area contributed by atoms with Crippen molar-refractivity contribution in [2.24, 2.45) is 0 Å². The molecule has 0 atom stereocenters. The molecular weight excluding hydrogens is 217 g/mol. The summed E-state index contributed by atoms with van der Waals surface area (Å²) in [6.07, 6.45) is 2.64. The van der Waals surface area contributed by atoms with Crippen LogP contribution in [0.4, 0.5) is 4.39 Å². The van der Waals surface area contributed by atoms with Crippen molar-refractivity contribution in [2.75, 3.05) is 0 Å². The van der Waals surface area contributed by atoms with E-state index >= 15 is 0 Å². The van der Waals surface area contributed by atoms with Gasteiger partial charge in [0.05, 0.1) is 5.02 Å². The number of rotatable bonds is 1. The van der Waals surface area contributed by atoms with Crippen molar-refractivity contribution in [2.45, 2.75) is 0 Å². The van der Waals surface area contributed by atoms with E-state index in [1.54, 1.807) is 24.3 Å². The largest absolute Gasteiger partial charge is 0.619 e. The van der Waals surface area contributed by atoms with Crippen LogP contribution in [0.5, 0.6) is 0 Å². The Labute approximate surface area is 91.1 Å². The zero-order chi connectivity index (χ0) is 10.8. The maximum Gasteiger partial charge on any atom is 0.188 e. The first-order valence-corrected chi connectivity index (χ1v) is 4.69. The Hall–Kier alpha value is -1.61. The number of hydrogen-bond acceptors (Lipinski definition) is 1. The van der Waals surface area contributed by atoms with E-state index in [4.69, 9.17) is 11.6 Å². The molecule has 2 nitrogen and oxygen atoms in total. The summed E-state index contributed by atoms with van der Waals surface area (Å²) in [5.41, 5.74) is 0.834. The van der Waals surface area contributed by atoms with E-state index in [2.05, 4.69) is 0 Å². The summed E-state index contributed by atoms with van der Waals surface area (Å²) in [5, 5.41) is 11.1. The third-order valence-corrected chi connectivity index (χ3v) is 2.33. The molecule has 0 aliphatic rings. The predicted molar refractivity (Wildman–Crippen MR) is 55.8 cm³/mol. The lowest BCUT2D eigenvalue weighted by molar-refractivity contribution is -0.604. The number of benzene rings is 1. The minimum Gasteiger partial charge on any atom is -0.619 e. The van der Waals surface area contributed by atoms with Crippen molar-refractivity contribution >= 4 is 11.6 Å². The highest BCUT2D eigenvalue weighted by atomic mass is 35.5. The molecule has 1 heterocycles. The van der Waals surface area contributed by atoms with E-state index in [-0.39, 0.29) is 5.02 Å². The molecule has 0 bridgehead atoms. The maximum absolute atomic E-state index is 13.6. The van der Waals surface area contributed by atoms with Crippen LogP contribution in [0.3, 0.4) is 0 Å². The molecule has 1 aromatic carbocycles. The van der Waals surface area contributed by atoms with E-state index in [0.717, 1.165) is 0 Å². The van der Waals surface area contributed by atoms with Gasteiger partial charge in [-0.2, -0.15) is 4.73 Å². The zero-order valence-corrected chi connectivity index (χ0v) is 8.41. The molecule has 1 aromatic heterocycles. The lowest BCUT2D eigenvalue weighted by atomic mass is 10.1. The smallest absolute Gasteiger partial charge is 0.188 e. The summed E-state index contributed by atoms with van der Waals surface area (Å²) in [7, 11) is 0. The summed E-state index contributed by atoms with van der Waals surface area (Å²) >= 11 is 5.64. The van der Waals surface area contributed by atoms with Crippen LogP contribution in [0.15, 0.2) is 42.7 Å². The highest BCUT2D eigenvalue weighted by Gasteiger charge is 2.09. The van der Waals surface area contributed by atoms with Gasteiger partial charge in [0.1, 0.15) is 5.82 Å². The number of hydrogen-bond donors (Lipinski definition) is 0. The van der Waals surface area contributed by atoms with Crippen LogP contribution in [-0.4, -0.2) is 0 Å². The average molecular weight is 224 g/mol. The van der Waals surface area contributed by atoms with E-state index in [0.29, 0.717) is 15.9 Å². The van der Waals surface area contributed by atoms with Crippen LogP contribution in [0.1, 0.15) is 0 Å². The molecule has 0 saturated carbocycles. The fraction of sp³-hybridized carbons (Fsp3) is 0. The molecule has 0 amide bonds. The third kappa shape index (κ3) is 1.92. The fourth-order valence-electron chi connectivity index (χ4n) is 1.34. The Morgan fingerprint density at radius 3 is 2.73 bits per heavy atom. The first-order valence-electron chi connectivity index (χ1n) is 4.31. The molecule has 0 aliphatic carbocycles. The molecule has 0 fully saturated rings. The Bertz CT molecular complexity index is 502. The third-order valence-electron chi connectivity index (χ3n) is 2.04. The second kappa shape index (κ2) is 3.87. The van der Waals surface area contributed by atoms with Crippen LogP contribution in [-0.2, 0) is 0 Å². The van der Waals surface area contributed by atoms with Crippen LogP contribution < -0.4 is 4.73 Å². The first kappa shape index (κ1) is 9.93. The maximum atomic E-state index is 13.6. The van der Waals surface area contributed by atoms with E-state index in [1.807, 2.05) is 0 Å². The first-order chi connectivity index (χ1) is 7.18. The van der Waals surface area contributed by atoms with Crippen molar-refractivity contribution in [1.29, 1.82) is 0 Å². The topological polar surface area (TPSA) is 26.9 Å². The number of aromatic nitrogens is 1. The van der Waals surface area contributed by atoms with Gasteiger partial charge in [0.25, 0.3) is 0 Å². The lowest BCUT2D eigenvalue weighted by Gasteiger charge is -2.03. The number of pyridine rings is 1. The second-order valence-electron chi connectivity index (χ2n) is 3.05. The highest BCUT2D eigenvalue weighted by molar-refractivity contribution is 6.31. The molecule has 0 saturated heterocycles. The fourth-order valence-corrected chi connectivity index (χ4v) is 1.52. The van der Waals surface area contributed by atoms with Gasteiger partial charge in [0, 0.05) is 17.2 Å². The van der Waals surface area contributed by atoms with Gasteiger partial charge in [0.2, 0.25) is 0 Å². The monoisotopic (exact) mass is 223 g/mol. The molecule has 76 valence electrons. The van der Waals surface area contributed by atoms with Crippen molar-refractivity contribution < 1.29 is 9.12 Å². The summed E-state index contributed by atoms with van der Waals surface area (Å²) in [5.74, 6) is -0.509. The van der Waals surface area contributed by atoms with Gasteiger partial charge in [-0.05, 0) is 12.1 Å². The van der Waals surface area contributed by atoms with Gasteiger partial charge in [-0.3, -0.25) is 0 Å². The van der Waals surface area contributed by atoms with Crippen molar-refractivity contribution in [3.63, 3.8) is 0 Å². The molecule has 4 heteroatoms. The van der Waals surface area contributed by atoms with Gasteiger partial charge in [-0.15, -0.1) is 0 Å². The van der Waals surface area contributed by atoms with Gasteiger partial charge in [0.15, 0.2) is 12.4 Å². The minimum absolute atomic E-state index is 0.0498. The van der Waals surface area contributed by atoms with Crippen molar-refractivity contribution in [3.8, 4) is 11.1 Å². The molecular formula is C11H7ClFNO. The Kier molecular flexibility index (Phi) is 2.56. The average Bonchev–Trinajstić information content (AvgIpc) is 2.22. The zero-order valence-electron chi connectivity index (χ0n) is 7.65. The summed E-state index contributed by atoms with van der Waals surface area (Å²) in [6.45, 7) is 0. The number of nitrogens with zero attached hydrogens (tertiary/aromatic N) is 1. The second-order valence-corrected chi connectivity index (χ2v) is 3.46. The van der Waals surface area contributed by atoms with Crippen molar-refractivity contribution in [3.05, 3.63) is 58.8 Å². The lowest BCUT2D eigenvalue weighted by Crippen LogP contribution is -2.24. The Balaban J connectivity index is 2.59. The van der Waals surface area contributed by atoms with Crippen molar-refractivity contribution in [1.82, 2.24) is 0 Å². The quantitative estimate of drug-likeness (QED) is 0.540. The molecule has 0 radical (unpaired) electrons. The predicted octanol–water partition coefficient (Wildman–Crippen LogP) is 2.78. The van der Waals surface area contributed by atoms with Crippen LogP contribution in [0.25, 0.3) is 11.1 Å². The van der Waals surface area contributed by atoms with E-state index < -0.39 is 5.82 Å².